The van der Waals surface area contributed by atoms with Crippen molar-refractivity contribution in [2.75, 3.05) is 33.7 Å². The molecular formula is C25H38IN5O2. The third-order valence-corrected chi connectivity index (χ3v) is 5.97. The molecular weight excluding hydrogens is 529 g/mol. The van der Waals surface area contributed by atoms with Gasteiger partial charge in [-0.1, -0.05) is 24.3 Å². The number of likely N-dealkylation sites (tertiary alicyclic amines) is 1. The number of amides is 1. The van der Waals surface area contributed by atoms with Crippen molar-refractivity contribution in [2.24, 2.45) is 10.9 Å². The van der Waals surface area contributed by atoms with Crippen LogP contribution < -0.4 is 10.6 Å². The fourth-order valence-corrected chi connectivity index (χ4v) is 4.18. The number of nitrogens with zero attached hydrogens (tertiary/aromatic N) is 3. The first-order valence-electron chi connectivity index (χ1n) is 11.6. The molecule has 2 N–H and O–H groups in total. The molecule has 7 nitrogen and oxygen atoms in total. The number of piperidine rings is 1. The first kappa shape index (κ1) is 27.2. The number of rotatable bonds is 9. The molecule has 33 heavy (non-hydrogen) atoms. The molecule has 1 fully saturated rings. The molecule has 2 heterocycles. The van der Waals surface area contributed by atoms with Crippen LogP contribution in [0.15, 0.2) is 52.1 Å². The molecule has 0 saturated carbocycles. The second-order valence-electron chi connectivity index (χ2n) is 8.50. The van der Waals surface area contributed by atoms with Crippen LogP contribution in [0.4, 0.5) is 0 Å². The van der Waals surface area contributed by atoms with Gasteiger partial charge in [-0.25, -0.2) is 4.99 Å². The average molecular weight is 568 g/mol. The van der Waals surface area contributed by atoms with Gasteiger partial charge >= 0.3 is 0 Å². The van der Waals surface area contributed by atoms with E-state index in [9.17, 15) is 4.79 Å². The number of benzene rings is 1. The molecule has 0 bridgehead atoms. The Morgan fingerprint density at radius 2 is 1.88 bits per heavy atom. The predicted octanol–water partition coefficient (Wildman–Crippen LogP) is 3.84. The van der Waals surface area contributed by atoms with Gasteiger partial charge in [0.2, 0.25) is 5.91 Å². The number of guanidine groups is 1. The van der Waals surface area contributed by atoms with Crippen LogP contribution in [0.25, 0.3) is 0 Å². The molecule has 182 valence electrons. The van der Waals surface area contributed by atoms with Crippen LogP contribution in [0.1, 0.15) is 43.1 Å². The lowest BCUT2D eigenvalue weighted by atomic mass is 9.93. The van der Waals surface area contributed by atoms with Gasteiger partial charge in [0, 0.05) is 39.6 Å². The third kappa shape index (κ3) is 8.66. The summed E-state index contributed by atoms with van der Waals surface area (Å²) in [6, 6.07) is 12.5. The normalized spacial score (nSPS) is 14.8. The molecule has 0 aliphatic carbocycles. The lowest BCUT2D eigenvalue weighted by molar-refractivity contribution is -0.121. The predicted molar refractivity (Wildman–Crippen MR) is 144 cm³/mol. The zero-order chi connectivity index (χ0) is 22.8. The van der Waals surface area contributed by atoms with Crippen LogP contribution >= 0.6 is 24.0 Å². The lowest BCUT2D eigenvalue weighted by Gasteiger charge is -2.34. The highest BCUT2D eigenvalue weighted by Crippen LogP contribution is 2.21. The molecule has 0 atom stereocenters. The largest absolute Gasteiger partial charge is 0.468 e. The number of hydrogen-bond donors (Lipinski definition) is 2. The molecule has 1 aliphatic heterocycles. The monoisotopic (exact) mass is 567 g/mol. The zero-order valence-corrected chi connectivity index (χ0v) is 22.4. The van der Waals surface area contributed by atoms with Gasteiger partial charge in [0.1, 0.15) is 5.76 Å². The van der Waals surface area contributed by atoms with Crippen molar-refractivity contribution < 1.29 is 9.21 Å². The van der Waals surface area contributed by atoms with Gasteiger partial charge < -0.3 is 20.0 Å². The summed E-state index contributed by atoms with van der Waals surface area (Å²) in [7, 11) is 3.82. The van der Waals surface area contributed by atoms with E-state index in [2.05, 4.69) is 58.7 Å². The Morgan fingerprint density at radius 1 is 1.15 bits per heavy atom. The molecule has 8 heteroatoms. The number of aliphatic imine (C=N–C) groups is 1. The summed E-state index contributed by atoms with van der Waals surface area (Å²) < 4.78 is 5.48. The van der Waals surface area contributed by atoms with Crippen molar-refractivity contribution in [1.29, 1.82) is 0 Å². The Bertz CT molecular complexity index is 863. The first-order chi connectivity index (χ1) is 15.6. The van der Waals surface area contributed by atoms with Gasteiger partial charge in [-0.15, -0.1) is 24.0 Å². The van der Waals surface area contributed by atoms with E-state index in [4.69, 9.17) is 9.41 Å². The van der Waals surface area contributed by atoms with Crippen LogP contribution in [0.5, 0.6) is 0 Å². The van der Waals surface area contributed by atoms with Crippen LogP contribution in [0, 0.1) is 5.92 Å². The van der Waals surface area contributed by atoms with Gasteiger partial charge in [0.25, 0.3) is 0 Å². The smallest absolute Gasteiger partial charge is 0.220 e. The van der Waals surface area contributed by atoms with E-state index in [0.29, 0.717) is 18.9 Å². The van der Waals surface area contributed by atoms with Crippen molar-refractivity contribution in [1.82, 2.24) is 20.4 Å². The molecule has 0 spiro atoms. The number of carbonyl (C=O) groups excluding carboxylic acids is 1. The van der Waals surface area contributed by atoms with E-state index in [1.807, 2.05) is 12.1 Å². The first-order valence-corrected chi connectivity index (χ1v) is 11.6. The van der Waals surface area contributed by atoms with Crippen molar-refractivity contribution in [2.45, 2.75) is 45.8 Å². The minimum Gasteiger partial charge on any atom is -0.468 e. The van der Waals surface area contributed by atoms with Crippen LogP contribution in [0.3, 0.4) is 0 Å². The standard InChI is InChI=1S/C25H37N5O2.HI/c1-4-27-25(30-13-11-20(12-14-30)16-24(31)26-2)28-17-21-8-5-6-9-22(21)18-29(3)19-23-10-7-15-32-23;/h5-10,15,20H,4,11-14,16-19H2,1-3H3,(H,26,31)(H,27,28);1H. The number of furan rings is 1. The van der Waals surface area contributed by atoms with Gasteiger partial charge in [-0.05, 0) is 56.0 Å². The van der Waals surface area contributed by atoms with E-state index in [1.165, 1.54) is 11.1 Å². The maximum atomic E-state index is 11.7. The summed E-state index contributed by atoms with van der Waals surface area (Å²) in [4.78, 5) is 21.2. The Hall–Kier alpha value is -2.07. The highest BCUT2D eigenvalue weighted by Gasteiger charge is 2.23. The van der Waals surface area contributed by atoms with E-state index in [-0.39, 0.29) is 29.9 Å². The lowest BCUT2D eigenvalue weighted by Crippen LogP contribution is -2.46. The Labute approximate surface area is 215 Å². The van der Waals surface area contributed by atoms with Crippen LogP contribution in [-0.4, -0.2) is 55.4 Å². The van der Waals surface area contributed by atoms with Crippen molar-refractivity contribution in [3.63, 3.8) is 0 Å². The van der Waals surface area contributed by atoms with Crippen molar-refractivity contribution in [3.05, 3.63) is 59.5 Å². The minimum absolute atomic E-state index is 0. The summed E-state index contributed by atoms with van der Waals surface area (Å²) >= 11 is 0. The van der Waals surface area contributed by atoms with Crippen LogP contribution in [-0.2, 0) is 24.4 Å². The average Bonchev–Trinajstić information content (AvgIpc) is 3.31. The third-order valence-electron chi connectivity index (χ3n) is 5.97. The minimum atomic E-state index is 0. The molecule has 1 amide bonds. The fourth-order valence-electron chi connectivity index (χ4n) is 4.18. The number of nitrogens with one attached hydrogen (secondary N) is 2. The highest BCUT2D eigenvalue weighted by molar-refractivity contribution is 14.0. The maximum Gasteiger partial charge on any atom is 0.220 e. The van der Waals surface area contributed by atoms with Gasteiger partial charge in [0.15, 0.2) is 5.96 Å². The molecule has 1 saturated heterocycles. The number of halogens is 1. The summed E-state index contributed by atoms with van der Waals surface area (Å²) in [5.74, 6) is 2.53. The molecule has 1 aliphatic rings. The molecule has 1 aromatic heterocycles. The summed E-state index contributed by atoms with van der Waals surface area (Å²) in [5, 5.41) is 6.19. The highest BCUT2D eigenvalue weighted by atomic mass is 127. The molecule has 2 aromatic rings. The fraction of sp³-hybridized carbons (Fsp3) is 0.520. The van der Waals surface area contributed by atoms with E-state index in [1.54, 1.807) is 13.3 Å². The second-order valence-corrected chi connectivity index (χ2v) is 8.50. The topological polar surface area (TPSA) is 73.1 Å². The van der Waals surface area contributed by atoms with Crippen molar-refractivity contribution in [3.8, 4) is 0 Å². The quantitative estimate of drug-likeness (QED) is 0.274. The number of carbonyl (C=O) groups is 1. The zero-order valence-electron chi connectivity index (χ0n) is 20.0. The van der Waals surface area contributed by atoms with Crippen molar-refractivity contribution >= 4 is 35.8 Å². The summed E-state index contributed by atoms with van der Waals surface area (Å²) in [6.45, 7) is 7.06. The van der Waals surface area contributed by atoms with Gasteiger partial charge in [-0.2, -0.15) is 0 Å². The Morgan fingerprint density at radius 3 is 2.52 bits per heavy atom. The van der Waals surface area contributed by atoms with E-state index < -0.39 is 0 Å². The second kappa shape index (κ2) is 14.2. The number of hydrogen-bond acceptors (Lipinski definition) is 4. The van der Waals surface area contributed by atoms with Crippen LogP contribution in [0.2, 0.25) is 0 Å². The molecule has 0 unspecified atom stereocenters. The van der Waals surface area contributed by atoms with E-state index >= 15 is 0 Å². The molecule has 1 aromatic carbocycles. The maximum absolute atomic E-state index is 11.7. The molecule has 3 rings (SSSR count). The Balaban J connectivity index is 0.00000385. The van der Waals surface area contributed by atoms with E-state index in [0.717, 1.165) is 57.3 Å². The summed E-state index contributed by atoms with van der Waals surface area (Å²) in [6.07, 6.45) is 4.38. The molecule has 0 radical (unpaired) electrons. The SMILES string of the molecule is CCNC(=NCc1ccccc1CN(C)Cc1ccco1)N1CCC(CC(=O)NC)CC1.I. The van der Waals surface area contributed by atoms with Gasteiger partial charge in [-0.3, -0.25) is 9.69 Å². The van der Waals surface area contributed by atoms with Gasteiger partial charge in [0.05, 0.1) is 19.4 Å². The Kier molecular flexibility index (Phi) is 11.7. The summed E-state index contributed by atoms with van der Waals surface area (Å²) in [5.41, 5.74) is 2.52.